The number of carboxylic acid groups (broad SMARTS) is 1. The molecule has 0 aliphatic carbocycles. The molecule has 1 unspecified atom stereocenters. The quantitative estimate of drug-likeness (QED) is 0.625. The largest absolute Gasteiger partial charge is 0.478 e. The molecule has 7 nitrogen and oxygen atoms in total. The highest BCUT2D eigenvalue weighted by molar-refractivity contribution is 5.98. The highest BCUT2D eigenvalue weighted by Crippen LogP contribution is 2.17. The molecule has 0 aliphatic rings. The van der Waals surface area contributed by atoms with Crippen LogP contribution in [0.2, 0.25) is 0 Å². The van der Waals surface area contributed by atoms with Crippen LogP contribution >= 0.6 is 0 Å². The maximum absolute atomic E-state index is 12.6. The van der Waals surface area contributed by atoms with Gasteiger partial charge in [0.1, 0.15) is 6.04 Å². The number of amides is 2. The standard InChI is InChI=1S/C19H28N2O5/c1-11(2)6-16(22)21-17(12(3)4)18(23)20-15-8-13(10-26-5)7-14(9-15)19(24)25/h7-9,11-12,17H,6,10H2,1-5H3,(H,20,23)(H,21,22)(H,24,25). The minimum atomic E-state index is -1.09. The molecule has 7 heteroatoms. The third-order valence-corrected chi connectivity index (χ3v) is 3.68. The summed E-state index contributed by atoms with van der Waals surface area (Å²) in [6.45, 7) is 7.76. The number of methoxy groups -OCH3 is 1. The SMILES string of the molecule is COCc1cc(NC(=O)C(NC(=O)CC(C)C)C(C)C)cc(C(=O)O)c1. The maximum atomic E-state index is 12.6. The Morgan fingerprint density at radius 2 is 1.77 bits per heavy atom. The Morgan fingerprint density at radius 1 is 1.12 bits per heavy atom. The zero-order chi connectivity index (χ0) is 19.9. The van der Waals surface area contributed by atoms with Crippen molar-refractivity contribution in [1.29, 1.82) is 0 Å². The van der Waals surface area contributed by atoms with Gasteiger partial charge in [-0.2, -0.15) is 0 Å². The van der Waals surface area contributed by atoms with Crippen molar-refractivity contribution in [2.45, 2.75) is 46.8 Å². The van der Waals surface area contributed by atoms with Crippen molar-refractivity contribution in [2.75, 3.05) is 12.4 Å². The van der Waals surface area contributed by atoms with Gasteiger partial charge < -0.3 is 20.5 Å². The van der Waals surface area contributed by atoms with Crippen molar-refractivity contribution in [2.24, 2.45) is 11.8 Å². The fourth-order valence-electron chi connectivity index (χ4n) is 2.50. The topological polar surface area (TPSA) is 105 Å². The predicted octanol–water partition coefficient (Wildman–Crippen LogP) is 2.66. The van der Waals surface area contributed by atoms with E-state index in [0.29, 0.717) is 17.7 Å². The second-order valence-electron chi connectivity index (χ2n) is 7.03. The number of nitrogens with one attached hydrogen (secondary N) is 2. The van der Waals surface area contributed by atoms with Gasteiger partial charge in [-0.15, -0.1) is 0 Å². The van der Waals surface area contributed by atoms with E-state index < -0.39 is 12.0 Å². The lowest BCUT2D eigenvalue weighted by Crippen LogP contribution is -2.47. The summed E-state index contributed by atoms with van der Waals surface area (Å²) >= 11 is 0. The fraction of sp³-hybridized carbons (Fsp3) is 0.526. The van der Waals surface area contributed by atoms with Gasteiger partial charge in [-0.05, 0) is 35.6 Å². The molecule has 0 aromatic heterocycles. The van der Waals surface area contributed by atoms with E-state index in [1.165, 1.54) is 19.2 Å². The highest BCUT2D eigenvalue weighted by Gasteiger charge is 2.24. The lowest BCUT2D eigenvalue weighted by Gasteiger charge is -2.22. The number of carbonyl (C=O) groups is 3. The summed E-state index contributed by atoms with van der Waals surface area (Å²) in [5, 5.41) is 14.7. The van der Waals surface area contributed by atoms with Crippen molar-refractivity contribution >= 4 is 23.5 Å². The molecule has 0 saturated heterocycles. The lowest BCUT2D eigenvalue weighted by atomic mass is 10.0. The van der Waals surface area contributed by atoms with Gasteiger partial charge in [0.25, 0.3) is 0 Å². The van der Waals surface area contributed by atoms with Gasteiger partial charge >= 0.3 is 5.97 Å². The van der Waals surface area contributed by atoms with Gasteiger partial charge in [0.2, 0.25) is 11.8 Å². The van der Waals surface area contributed by atoms with E-state index in [0.717, 1.165) is 0 Å². The van der Waals surface area contributed by atoms with Crippen LogP contribution in [0.1, 0.15) is 50.0 Å². The minimum absolute atomic E-state index is 0.0554. The summed E-state index contributed by atoms with van der Waals surface area (Å²) in [4.78, 5) is 35.9. The van der Waals surface area contributed by atoms with E-state index in [4.69, 9.17) is 4.74 Å². The summed E-state index contributed by atoms with van der Waals surface area (Å²) in [5.41, 5.74) is 1.04. The van der Waals surface area contributed by atoms with E-state index >= 15 is 0 Å². The number of hydrogen-bond donors (Lipinski definition) is 3. The van der Waals surface area contributed by atoms with E-state index in [9.17, 15) is 19.5 Å². The molecule has 0 saturated carbocycles. The van der Waals surface area contributed by atoms with Crippen LogP contribution in [-0.4, -0.2) is 36.0 Å². The molecule has 26 heavy (non-hydrogen) atoms. The van der Waals surface area contributed by atoms with Crippen LogP contribution in [0.3, 0.4) is 0 Å². The average Bonchev–Trinajstić information content (AvgIpc) is 2.51. The first kappa shape index (κ1) is 21.6. The van der Waals surface area contributed by atoms with Crippen LogP contribution in [0, 0.1) is 11.8 Å². The molecule has 2 amide bonds. The minimum Gasteiger partial charge on any atom is -0.478 e. The van der Waals surface area contributed by atoms with Gasteiger partial charge in [-0.1, -0.05) is 27.7 Å². The number of ether oxygens (including phenoxy) is 1. The van der Waals surface area contributed by atoms with Crippen molar-refractivity contribution in [1.82, 2.24) is 5.32 Å². The van der Waals surface area contributed by atoms with Crippen molar-refractivity contribution in [3.63, 3.8) is 0 Å². The molecule has 0 radical (unpaired) electrons. The molecule has 0 bridgehead atoms. The van der Waals surface area contributed by atoms with E-state index in [1.807, 2.05) is 27.7 Å². The van der Waals surface area contributed by atoms with Gasteiger partial charge in [0.15, 0.2) is 0 Å². The fourth-order valence-corrected chi connectivity index (χ4v) is 2.50. The molecular weight excluding hydrogens is 336 g/mol. The summed E-state index contributed by atoms with van der Waals surface area (Å²) in [5.74, 6) is -1.60. The Kier molecular flexibility index (Phi) is 8.25. The Balaban J connectivity index is 2.97. The molecule has 0 spiro atoms. The number of carbonyl (C=O) groups excluding carboxylic acids is 2. The highest BCUT2D eigenvalue weighted by atomic mass is 16.5. The monoisotopic (exact) mass is 364 g/mol. The van der Waals surface area contributed by atoms with E-state index in [2.05, 4.69) is 10.6 Å². The number of hydrogen-bond acceptors (Lipinski definition) is 4. The van der Waals surface area contributed by atoms with Crippen LogP contribution in [0.25, 0.3) is 0 Å². The Bertz CT molecular complexity index is 655. The molecule has 1 aromatic carbocycles. The number of anilines is 1. The average molecular weight is 364 g/mol. The third kappa shape index (κ3) is 6.84. The molecule has 144 valence electrons. The molecule has 3 N–H and O–H groups in total. The summed E-state index contributed by atoms with van der Waals surface area (Å²) in [7, 11) is 1.50. The molecule has 0 fully saturated rings. The van der Waals surface area contributed by atoms with Crippen molar-refractivity contribution in [3.8, 4) is 0 Å². The second-order valence-corrected chi connectivity index (χ2v) is 7.03. The second kappa shape index (κ2) is 9.91. The number of rotatable bonds is 9. The molecule has 1 atom stereocenters. The van der Waals surface area contributed by atoms with Crippen molar-refractivity contribution < 1.29 is 24.2 Å². The first-order valence-electron chi connectivity index (χ1n) is 8.60. The number of benzene rings is 1. The maximum Gasteiger partial charge on any atom is 0.335 e. The van der Waals surface area contributed by atoms with Gasteiger partial charge in [-0.3, -0.25) is 9.59 Å². The van der Waals surface area contributed by atoms with Gasteiger partial charge in [0.05, 0.1) is 12.2 Å². The van der Waals surface area contributed by atoms with Crippen LogP contribution in [0.15, 0.2) is 18.2 Å². The first-order valence-corrected chi connectivity index (χ1v) is 8.60. The molecule has 1 aromatic rings. The Labute approximate surface area is 154 Å². The summed E-state index contributed by atoms with van der Waals surface area (Å²) in [6.07, 6.45) is 0.336. The van der Waals surface area contributed by atoms with Crippen LogP contribution in [0.4, 0.5) is 5.69 Å². The van der Waals surface area contributed by atoms with E-state index in [-0.39, 0.29) is 35.8 Å². The molecule has 1 rings (SSSR count). The van der Waals surface area contributed by atoms with Crippen LogP contribution in [0.5, 0.6) is 0 Å². The lowest BCUT2D eigenvalue weighted by molar-refractivity contribution is -0.127. The van der Waals surface area contributed by atoms with Gasteiger partial charge in [-0.25, -0.2) is 4.79 Å². The molecule has 0 heterocycles. The first-order chi connectivity index (χ1) is 12.1. The number of aromatic carboxylic acids is 1. The molecule has 0 aliphatic heterocycles. The smallest absolute Gasteiger partial charge is 0.335 e. The zero-order valence-electron chi connectivity index (χ0n) is 16.0. The van der Waals surface area contributed by atoms with Crippen LogP contribution < -0.4 is 10.6 Å². The third-order valence-electron chi connectivity index (χ3n) is 3.68. The van der Waals surface area contributed by atoms with Gasteiger partial charge in [0, 0.05) is 19.2 Å². The zero-order valence-corrected chi connectivity index (χ0v) is 16.0. The van der Waals surface area contributed by atoms with Crippen molar-refractivity contribution in [3.05, 3.63) is 29.3 Å². The predicted molar refractivity (Wildman–Crippen MR) is 99.0 cm³/mol. The normalized spacial score (nSPS) is 12.1. The summed E-state index contributed by atoms with van der Waals surface area (Å²) < 4.78 is 5.04. The number of carboxylic acids is 1. The Morgan fingerprint density at radius 3 is 2.27 bits per heavy atom. The molecular formula is C19H28N2O5. The Hall–Kier alpha value is -2.41. The summed E-state index contributed by atoms with van der Waals surface area (Å²) in [6, 6.07) is 3.82. The van der Waals surface area contributed by atoms with Crippen LogP contribution in [-0.2, 0) is 20.9 Å². The van der Waals surface area contributed by atoms with E-state index in [1.54, 1.807) is 6.07 Å².